The summed E-state index contributed by atoms with van der Waals surface area (Å²) >= 11 is 0. The molecule has 1 unspecified atom stereocenters. The average Bonchev–Trinajstić information content (AvgIpc) is 1.64. The molecule has 0 bridgehead atoms. The van der Waals surface area contributed by atoms with Gasteiger partial charge in [-0.25, -0.2) is 0 Å². The molecule has 0 aromatic rings. The van der Waals surface area contributed by atoms with E-state index in [0.717, 1.165) is 0 Å². The zero-order valence-electron chi connectivity index (χ0n) is 6.31. The van der Waals surface area contributed by atoms with E-state index in [1.54, 1.807) is 20.8 Å². The molecule has 0 aliphatic carbocycles. The van der Waals surface area contributed by atoms with Crippen LogP contribution in [0.5, 0.6) is 0 Å². The van der Waals surface area contributed by atoms with E-state index in [1.165, 1.54) is 6.08 Å². The van der Waals surface area contributed by atoms with Gasteiger partial charge in [0.05, 0.1) is 5.60 Å². The van der Waals surface area contributed by atoms with Crippen molar-refractivity contribution in [1.82, 2.24) is 0 Å². The van der Waals surface area contributed by atoms with Crippen molar-refractivity contribution in [2.24, 2.45) is 5.73 Å². The highest BCUT2D eigenvalue weighted by atomic mass is 16.3. The number of rotatable bonds is 2. The highest BCUT2D eigenvalue weighted by Crippen LogP contribution is 2.18. The van der Waals surface area contributed by atoms with Crippen LogP contribution >= 0.6 is 0 Å². The molecule has 0 fully saturated rings. The largest absolute Gasteiger partial charge is 0.384 e. The van der Waals surface area contributed by atoms with Gasteiger partial charge in [0.2, 0.25) is 0 Å². The monoisotopic (exact) mass is 129 g/mol. The van der Waals surface area contributed by atoms with Gasteiger partial charge in [0, 0.05) is 5.54 Å². The van der Waals surface area contributed by atoms with Crippen molar-refractivity contribution in [2.45, 2.75) is 31.9 Å². The Labute approximate surface area is 56.4 Å². The lowest BCUT2D eigenvalue weighted by Crippen LogP contribution is -2.53. The van der Waals surface area contributed by atoms with Gasteiger partial charge >= 0.3 is 0 Å². The van der Waals surface area contributed by atoms with E-state index in [4.69, 9.17) is 5.73 Å². The first kappa shape index (κ1) is 8.66. The van der Waals surface area contributed by atoms with E-state index in [9.17, 15) is 5.11 Å². The van der Waals surface area contributed by atoms with E-state index in [0.29, 0.717) is 0 Å². The number of nitrogens with two attached hydrogens (primary N) is 1. The van der Waals surface area contributed by atoms with Crippen LogP contribution < -0.4 is 5.73 Å². The van der Waals surface area contributed by atoms with E-state index in [2.05, 4.69) is 6.58 Å². The molecule has 0 spiro atoms. The van der Waals surface area contributed by atoms with Crippen molar-refractivity contribution in [1.29, 1.82) is 0 Å². The molecular weight excluding hydrogens is 114 g/mol. The lowest BCUT2D eigenvalue weighted by molar-refractivity contribution is 0.0434. The molecule has 2 nitrogen and oxygen atoms in total. The Kier molecular flexibility index (Phi) is 2.04. The molecule has 0 heterocycles. The third-order valence-corrected chi connectivity index (χ3v) is 1.70. The second-order valence-corrected chi connectivity index (χ2v) is 3.07. The molecule has 0 rings (SSSR count). The molecule has 0 aromatic carbocycles. The van der Waals surface area contributed by atoms with Crippen molar-refractivity contribution in [3.05, 3.63) is 12.7 Å². The summed E-state index contributed by atoms with van der Waals surface area (Å²) in [5.74, 6) is 0. The Morgan fingerprint density at radius 2 is 1.78 bits per heavy atom. The summed E-state index contributed by atoms with van der Waals surface area (Å²) in [7, 11) is 0. The van der Waals surface area contributed by atoms with Gasteiger partial charge in [-0.1, -0.05) is 6.08 Å². The first-order valence-corrected chi connectivity index (χ1v) is 2.96. The fourth-order valence-corrected chi connectivity index (χ4v) is 0.263. The zero-order chi connectivity index (χ0) is 7.71. The highest BCUT2D eigenvalue weighted by Gasteiger charge is 2.32. The third-order valence-electron chi connectivity index (χ3n) is 1.70. The maximum atomic E-state index is 9.42. The summed E-state index contributed by atoms with van der Waals surface area (Å²) in [6, 6.07) is 0. The summed E-state index contributed by atoms with van der Waals surface area (Å²) in [6.45, 7) is 8.62. The summed E-state index contributed by atoms with van der Waals surface area (Å²) in [5, 5.41) is 9.42. The third kappa shape index (κ3) is 1.80. The van der Waals surface area contributed by atoms with Crippen molar-refractivity contribution < 1.29 is 5.11 Å². The van der Waals surface area contributed by atoms with Gasteiger partial charge in [-0.3, -0.25) is 0 Å². The lowest BCUT2D eigenvalue weighted by atomic mass is 9.86. The normalized spacial score (nSPS) is 18.8. The van der Waals surface area contributed by atoms with Gasteiger partial charge in [0.15, 0.2) is 0 Å². The van der Waals surface area contributed by atoms with Gasteiger partial charge in [0.25, 0.3) is 0 Å². The molecule has 0 aliphatic rings. The molecule has 9 heavy (non-hydrogen) atoms. The quantitative estimate of drug-likeness (QED) is 0.538. The predicted octanol–water partition coefficient (Wildman–Crippen LogP) is 0.661. The van der Waals surface area contributed by atoms with Crippen molar-refractivity contribution >= 4 is 0 Å². The summed E-state index contributed by atoms with van der Waals surface area (Å²) in [5.41, 5.74) is 4.01. The van der Waals surface area contributed by atoms with Crippen LogP contribution in [0.25, 0.3) is 0 Å². The van der Waals surface area contributed by atoms with Crippen LogP contribution in [0, 0.1) is 0 Å². The minimum atomic E-state index is -0.979. The SMILES string of the molecule is C=CC(C)(O)C(C)(C)N. The van der Waals surface area contributed by atoms with E-state index >= 15 is 0 Å². The van der Waals surface area contributed by atoms with Gasteiger partial charge in [0.1, 0.15) is 0 Å². The maximum absolute atomic E-state index is 9.42. The molecule has 0 aromatic heterocycles. The molecule has 1 atom stereocenters. The fourth-order valence-electron chi connectivity index (χ4n) is 0.263. The van der Waals surface area contributed by atoms with Gasteiger partial charge < -0.3 is 10.8 Å². The summed E-state index contributed by atoms with van der Waals surface area (Å²) < 4.78 is 0. The van der Waals surface area contributed by atoms with E-state index < -0.39 is 11.1 Å². The predicted molar refractivity (Wildman–Crippen MR) is 39.1 cm³/mol. The van der Waals surface area contributed by atoms with Crippen LogP contribution in [0.3, 0.4) is 0 Å². The molecule has 3 N–H and O–H groups in total. The second-order valence-electron chi connectivity index (χ2n) is 3.07. The van der Waals surface area contributed by atoms with Crippen LogP contribution in [0.2, 0.25) is 0 Å². The Morgan fingerprint density at radius 3 is 1.78 bits per heavy atom. The smallest absolute Gasteiger partial charge is 0.0970 e. The van der Waals surface area contributed by atoms with Crippen LogP contribution in [0.15, 0.2) is 12.7 Å². The van der Waals surface area contributed by atoms with Crippen LogP contribution in [0.1, 0.15) is 20.8 Å². The minimum Gasteiger partial charge on any atom is -0.384 e. The lowest BCUT2D eigenvalue weighted by Gasteiger charge is -2.33. The van der Waals surface area contributed by atoms with Crippen molar-refractivity contribution in [3.8, 4) is 0 Å². The average molecular weight is 129 g/mol. The number of hydrogen-bond donors (Lipinski definition) is 2. The topological polar surface area (TPSA) is 46.2 Å². The Bertz CT molecular complexity index is 111. The Balaban J connectivity index is 4.32. The van der Waals surface area contributed by atoms with Crippen molar-refractivity contribution in [3.63, 3.8) is 0 Å². The summed E-state index contributed by atoms with van der Waals surface area (Å²) in [6.07, 6.45) is 1.45. The first-order valence-electron chi connectivity index (χ1n) is 2.96. The summed E-state index contributed by atoms with van der Waals surface area (Å²) in [4.78, 5) is 0. The molecule has 0 amide bonds. The fraction of sp³-hybridized carbons (Fsp3) is 0.714. The van der Waals surface area contributed by atoms with Crippen LogP contribution in [-0.2, 0) is 0 Å². The molecule has 2 heteroatoms. The molecule has 54 valence electrons. The number of aliphatic hydroxyl groups is 1. The Morgan fingerprint density at radius 1 is 1.44 bits per heavy atom. The molecule has 0 aliphatic heterocycles. The minimum absolute atomic E-state index is 0.616. The second kappa shape index (κ2) is 2.12. The number of hydrogen-bond acceptors (Lipinski definition) is 2. The first-order chi connectivity index (χ1) is 3.81. The van der Waals surface area contributed by atoms with Crippen molar-refractivity contribution in [2.75, 3.05) is 0 Å². The van der Waals surface area contributed by atoms with Gasteiger partial charge in [-0.05, 0) is 20.8 Å². The highest BCUT2D eigenvalue weighted by molar-refractivity contribution is 5.05. The van der Waals surface area contributed by atoms with Gasteiger partial charge in [-0.15, -0.1) is 6.58 Å². The van der Waals surface area contributed by atoms with Gasteiger partial charge in [-0.2, -0.15) is 0 Å². The molecule has 0 saturated carbocycles. The van der Waals surface area contributed by atoms with E-state index in [-0.39, 0.29) is 0 Å². The molecule has 0 radical (unpaired) electrons. The Hall–Kier alpha value is -0.340. The zero-order valence-corrected chi connectivity index (χ0v) is 6.31. The van der Waals surface area contributed by atoms with E-state index in [1.807, 2.05) is 0 Å². The van der Waals surface area contributed by atoms with Crippen LogP contribution in [-0.4, -0.2) is 16.2 Å². The van der Waals surface area contributed by atoms with Crippen LogP contribution in [0.4, 0.5) is 0 Å². The maximum Gasteiger partial charge on any atom is 0.0970 e. The standard InChI is InChI=1S/C7H15NO/c1-5-7(4,9)6(2,3)8/h5,9H,1,8H2,2-4H3. The molecular formula is C7H15NO. The molecule has 0 saturated heterocycles.